The van der Waals surface area contributed by atoms with E-state index in [1.165, 1.54) is 11.1 Å². The van der Waals surface area contributed by atoms with E-state index >= 15 is 0 Å². The Kier molecular flexibility index (Phi) is 4.11. The highest BCUT2D eigenvalue weighted by Crippen LogP contribution is 2.27. The lowest BCUT2D eigenvalue weighted by Gasteiger charge is -2.29. The van der Waals surface area contributed by atoms with Crippen LogP contribution in [0.4, 0.5) is 11.5 Å². The minimum absolute atomic E-state index is 0.203. The van der Waals surface area contributed by atoms with E-state index in [0.717, 1.165) is 48.5 Å². The number of β-amino-alcohol motifs (C(OH)–C–C–N with tert-alkyl or cyclic N) is 1. The minimum atomic E-state index is 0.203. The van der Waals surface area contributed by atoms with Crippen LogP contribution in [-0.2, 0) is 13.0 Å². The van der Waals surface area contributed by atoms with Crippen LogP contribution in [0, 0.1) is 0 Å². The monoisotopic (exact) mass is 320 g/mol. The highest BCUT2D eigenvalue weighted by Gasteiger charge is 2.19. The Morgan fingerprint density at radius 2 is 2.08 bits per heavy atom. The first-order valence-corrected chi connectivity index (χ1v) is 8.25. The first-order valence-electron chi connectivity index (χ1n) is 8.25. The minimum Gasteiger partial charge on any atom is -0.395 e. The Labute approximate surface area is 141 Å². The first-order chi connectivity index (χ1) is 11.8. The molecule has 2 N–H and O–H groups in total. The molecule has 1 aromatic carbocycles. The summed E-state index contributed by atoms with van der Waals surface area (Å²) in [7, 11) is 0. The van der Waals surface area contributed by atoms with Crippen LogP contribution < -0.4 is 5.32 Å². The third-order valence-electron chi connectivity index (χ3n) is 4.49. The average Bonchev–Trinajstić information content (AvgIpc) is 2.62. The number of pyridine rings is 2. The zero-order valence-electron chi connectivity index (χ0n) is 13.4. The molecule has 4 rings (SSSR count). The zero-order valence-corrected chi connectivity index (χ0v) is 13.4. The van der Waals surface area contributed by atoms with Crippen molar-refractivity contribution in [3.05, 3.63) is 59.9 Å². The van der Waals surface area contributed by atoms with Gasteiger partial charge in [-0.1, -0.05) is 18.2 Å². The van der Waals surface area contributed by atoms with E-state index in [4.69, 9.17) is 5.11 Å². The molecule has 0 saturated carbocycles. The van der Waals surface area contributed by atoms with Gasteiger partial charge in [0, 0.05) is 36.8 Å². The van der Waals surface area contributed by atoms with Crippen LogP contribution in [0.1, 0.15) is 11.1 Å². The lowest BCUT2D eigenvalue weighted by Crippen LogP contribution is -2.33. The number of aliphatic hydroxyl groups excluding tert-OH is 1. The van der Waals surface area contributed by atoms with Crippen LogP contribution >= 0.6 is 0 Å². The number of aromatic nitrogens is 2. The number of para-hydroxylation sites is 1. The van der Waals surface area contributed by atoms with Gasteiger partial charge in [-0.2, -0.15) is 0 Å². The van der Waals surface area contributed by atoms with Crippen molar-refractivity contribution in [2.24, 2.45) is 0 Å². The quantitative estimate of drug-likeness (QED) is 0.774. The van der Waals surface area contributed by atoms with Gasteiger partial charge in [-0.25, -0.2) is 4.98 Å². The lowest BCUT2D eigenvalue weighted by atomic mass is 10.0. The summed E-state index contributed by atoms with van der Waals surface area (Å²) in [5, 5.41) is 13.7. The smallest absolute Gasteiger partial charge is 0.133 e. The van der Waals surface area contributed by atoms with Crippen molar-refractivity contribution in [3.8, 4) is 0 Å². The van der Waals surface area contributed by atoms with Gasteiger partial charge in [0.2, 0.25) is 0 Å². The molecule has 1 aliphatic rings. The van der Waals surface area contributed by atoms with Crippen LogP contribution in [0.15, 0.2) is 48.8 Å². The average molecular weight is 320 g/mol. The van der Waals surface area contributed by atoms with Gasteiger partial charge in [-0.05, 0) is 30.2 Å². The molecule has 3 heterocycles. The number of nitrogens with one attached hydrogen (secondary N) is 1. The van der Waals surface area contributed by atoms with Gasteiger partial charge in [0.25, 0.3) is 0 Å². The molecular formula is C19H20N4O. The molecular weight excluding hydrogens is 300 g/mol. The Balaban J connectivity index is 1.61. The molecule has 0 fully saturated rings. The van der Waals surface area contributed by atoms with Gasteiger partial charge >= 0.3 is 0 Å². The molecule has 0 amide bonds. The molecule has 5 heteroatoms. The molecule has 1 aliphatic heterocycles. The van der Waals surface area contributed by atoms with Gasteiger partial charge in [-0.3, -0.25) is 9.88 Å². The Bertz CT molecular complexity index is 865. The van der Waals surface area contributed by atoms with Gasteiger partial charge in [0.1, 0.15) is 5.82 Å². The maximum absolute atomic E-state index is 9.13. The molecule has 0 aliphatic carbocycles. The fourth-order valence-corrected chi connectivity index (χ4v) is 3.27. The molecule has 0 atom stereocenters. The number of anilines is 2. The summed E-state index contributed by atoms with van der Waals surface area (Å²) in [4.78, 5) is 11.3. The SMILES string of the molecule is OCCN1CCc2c(ccnc2Nc2cnc3ccccc3c2)C1. The molecule has 0 saturated heterocycles. The van der Waals surface area contributed by atoms with Crippen molar-refractivity contribution in [3.63, 3.8) is 0 Å². The Hall–Kier alpha value is -2.50. The normalized spacial score (nSPS) is 14.5. The fourth-order valence-electron chi connectivity index (χ4n) is 3.27. The fraction of sp³-hybridized carbons (Fsp3) is 0.263. The second-order valence-electron chi connectivity index (χ2n) is 6.09. The van der Waals surface area contributed by atoms with Crippen molar-refractivity contribution >= 4 is 22.4 Å². The summed E-state index contributed by atoms with van der Waals surface area (Å²) < 4.78 is 0. The third kappa shape index (κ3) is 2.96. The van der Waals surface area contributed by atoms with E-state index in [1.807, 2.05) is 30.6 Å². The Morgan fingerprint density at radius 1 is 1.17 bits per heavy atom. The van der Waals surface area contributed by atoms with E-state index in [-0.39, 0.29) is 6.61 Å². The largest absolute Gasteiger partial charge is 0.395 e. The van der Waals surface area contributed by atoms with Crippen molar-refractivity contribution in [2.75, 3.05) is 25.0 Å². The number of benzene rings is 1. The van der Waals surface area contributed by atoms with E-state index in [1.54, 1.807) is 0 Å². The van der Waals surface area contributed by atoms with E-state index in [9.17, 15) is 0 Å². The van der Waals surface area contributed by atoms with Crippen LogP contribution in [0.25, 0.3) is 10.9 Å². The number of hydrogen-bond acceptors (Lipinski definition) is 5. The van der Waals surface area contributed by atoms with E-state index in [0.29, 0.717) is 0 Å². The molecule has 24 heavy (non-hydrogen) atoms. The van der Waals surface area contributed by atoms with Gasteiger partial charge in [0.15, 0.2) is 0 Å². The molecule has 2 aromatic heterocycles. The van der Waals surface area contributed by atoms with E-state index < -0.39 is 0 Å². The molecule has 0 bridgehead atoms. The molecule has 5 nitrogen and oxygen atoms in total. The van der Waals surface area contributed by atoms with Crippen LogP contribution in [0.3, 0.4) is 0 Å². The summed E-state index contributed by atoms with van der Waals surface area (Å²) in [6.07, 6.45) is 4.63. The highest BCUT2D eigenvalue weighted by atomic mass is 16.3. The Morgan fingerprint density at radius 3 is 3.00 bits per heavy atom. The standard InChI is InChI=1S/C19H20N4O/c24-10-9-23-8-6-17-15(13-23)5-7-20-19(17)22-16-11-14-3-1-2-4-18(14)21-12-16/h1-5,7,11-12,24H,6,8-10,13H2,(H,20,22). The molecule has 3 aromatic rings. The number of aliphatic hydroxyl groups is 1. The zero-order chi connectivity index (χ0) is 16.4. The van der Waals surface area contributed by atoms with Crippen molar-refractivity contribution < 1.29 is 5.11 Å². The second-order valence-corrected chi connectivity index (χ2v) is 6.09. The highest BCUT2D eigenvalue weighted by molar-refractivity contribution is 5.82. The second kappa shape index (κ2) is 6.55. The summed E-state index contributed by atoms with van der Waals surface area (Å²) in [5.41, 5.74) is 4.49. The van der Waals surface area contributed by atoms with Gasteiger partial charge in [0.05, 0.1) is 24.0 Å². The van der Waals surface area contributed by atoms with Gasteiger partial charge < -0.3 is 10.4 Å². The summed E-state index contributed by atoms with van der Waals surface area (Å²) in [6, 6.07) is 12.3. The van der Waals surface area contributed by atoms with Crippen LogP contribution in [0.2, 0.25) is 0 Å². The topological polar surface area (TPSA) is 61.3 Å². The summed E-state index contributed by atoms with van der Waals surface area (Å²) >= 11 is 0. The summed E-state index contributed by atoms with van der Waals surface area (Å²) in [5.74, 6) is 0.910. The molecule has 0 spiro atoms. The van der Waals surface area contributed by atoms with Crippen molar-refractivity contribution in [1.29, 1.82) is 0 Å². The maximum Gasteiger partial charge on any atom is 0.133 e. The lowest BCUT2D eigenvalue weighted by molar-refractivity contribution is 0.184. The number of rotatable bonds is 4. The summed E-state index contributed by atoms with van der Waals surface area (Å²) in [6.45, 7) is 2.74. The maximum atomic E-state index is 9.13. The van der Waals surface area contributed by atoms with Crippen LogP contribution in [0.5, 0.6) is 0 Å². The van der Waals surface area contributed by atoms with E-state index in [2.05, 4.69) is 38.4 Å². The number of hydrogen-bond donors (Lipinski definition) is 2. The van der Waals surface area contributed by atoms with Crippen molar-refractivity contribution in [1.82, 2.24) is 14.9 Å². The van der Waals surface area contributed by atoms with Crippen molar-refractivity contribution in [2.45, 2.75) is 13.0 Å². The van der Waals surface area contributed by atoms with Crippen LogP contribution in [-0.4, -0.2) is 39.7 Å². The third-order valence-corrected chi connectivity index (χ3v) is 4.49. The number of nitrogens with zero attached hydrogens (tertiary/aromatic N) is 3. The van der Waals surface area contributed by atoms with Gasteiger partial charge in [-0.15, -0.1) is 0 Å². The predicted octanol–water partition coefficient (Wildman–Crippen LogP) is 2.72. The molecule has 0 unspecified atom stereocenters. The number of fused-ring (bicyclic) bond motifs is 2. The first kappa shape index (κ1) is 15.1. The predicted molar refractivity (Wildman–Crippen MR) is 95.3 cm³/mol. The molecule has 0 radical (unpaired) electrons. The molecule has 122 valence electrons.